The molecule has 0 spiro atoms. The van der Waals surface area contributed by atoms with Crippen molar-refractivity contribution in [2.75, 3.05) is 18.5 Å². The lowest BCUT2D eigenvalue weighted by molar-refractivity contribution is -0.384. The largest absolute Gasteiger partial charge is 0.385 e. The number of nitro benzene ring substituents is 1. The third-order valence-electron chi connectivity index (χ3n) is 3.90. The van der Waals surface area contributed by atoms with Gasteiger partial charge in [-0.05, 0) is 13.0 Å². The van der Waals surface area contributed by atoms with Crippen LogP contribution >= 0.6 is 0 Å². The van der Waals surface area contributed by atoms with Gasteiger partial charge in [-0.3, -0.25) is 10.1 Å². The Balaban J connectivity index is 1.77. The number of ether oxygens (including phenoxy) is 1. The zero-order valence-corrected chi connectivity index (χ0v) is 11.5. The second kappa shape index (κ2) is 4.97. The summed E-state index contributed by atoms with van der Waals surface area (Å²) in [5.41, 5.74) is 0.291. The lowest BCUT2D eigenvalue weighted by atomic mass is 9.97. The first kappa shape index (κ1) is 13.8. The van der Waals surface area contributed by atoms with E-state index in [1.807, 2.05) is 6.92 Å². The van der Waals surface area contributed by atoms with Crippen LogP contribution in [0.3, 0.4) is 0 Å². The molecule has 2 heterocycles. The van der Waals surface area contributed by atoms with Crippen LogP contribution in [-0.4, -0.2) is 44.9 Å². The normalized spacial score (nSPS) is 25.3. The Kier molecular flexibility index (Phi) is 3.26. The summed E-state index contributed by atoms with van der Waals surface area (Å²) in [6.07, 6.45) is 0.322. The van der Waals surface area contributed by atoms with E-state index in [1.165, 1.54) is 12.1 Å². The van der Waals surface area contributed by atoms with E-state index < -0.39 is 10.5 Å². The summed E-state index contributed by atoms with van der Waals surface area (Å²) in [6, 6.07) is 4.43. The fraction of sp³-hybridized carbons (Fsp3) is 0.462. The molecule has 0 radical (unpaired) electrons. The summed E-state index contributed by atoms with van der Waals surface area (Å²) in [5.74, 6) is 0.470. The quantitative estimate of drug-likeness (QED) is 0.580. The first-order chi connectivity index (χ1) is 9.98. The molecule has 0 amide bonds. The number of aliphatic hydroxyl groups is 1. The van der Waals surface area contributed by atoms with Gasteiger partial charge in [-0.15, -0.1) is 0 Å². The van der Waals surface area contributed by atoms with Gasteiger partial charge in [0.25, 0.3) is 5.69 Å². The third-order valence-corrected chi connectivity index (χ3v) is 3.90. The smallest absolute Gasteiger partial charge is 0.271 e. The number of hydrogen-bond donors (Lipinski definition) is 3. The van der Waals surface area contributed by atoms with Crippen LogP contribution in [0, 0.1) is 10.1 Å². The summed E-state index contributed by atoms with van der Waals surface area (Å²) < 4.78 is 5.36. The van der Waals surface area contributed by atoms with Crippen LogP contribution in [-0.2, 0) is 4.74 Å². The van der Waals surface area contributed by atoms with Crippen molar-refractivity contribution >= 4 is 22.7 Å². The molecule has 0 bridgehead atoms. The summed E-state index contributed by atoms with van der Waals surface area (Å²) in [7, 11) is 0. The van der Waals surface area contributed by atoms with Crippen molar-refractivity contribution < 1.29 is 14.8 Å². The van der Waals surface area contributed by atoms with Gasteiger partial charge in [0, 0.05) is 31.7 Å². The Labute approximate surface area is 120 Å². The van der Waals surface area contributed by atoms with E-state index in [0.29, 0.717) is 36.6 Å². The van der Waals surface area contributed by atoms with Crippen LogP contribution in [0.4, 0.5) is 11.6 Å². The van der Waals surface area contributed by atoms with Crippen molar-refractivity contribution in [3.05, 3.63) is 28.3 Å². The second-order valence-corrected chi connectivity index (χ2v) is 5.26. The van der Waals surface area contributed by atoms with Crippen molar-refractivity contribution in [2.24, 2.45) is 0 Å². The molecule has 1 aromatic heterocycles. The van der Waals surface area contributed by atoms with Crippen molar-refractivity contribution in [3.63, 3.8) is 0 Å². The number of nitrogens with one attached hydrogen (secondary N) is 2. The summed E-state index contributed by atoms with van der Waals surface area (Å²) >= 11 is 0. The van der Waals surface area contributed by atoms with E-state index in [-0.39, 0.29) is 11.8 Å². The maximum absolute atomic E-state index is 10.7. The number of aromatic nitrogens is 2. The number of benzene rings is 1. The van der Waals surface area contributed by atoms with E-state index in [4.69, 9.17) is 4.74 Å². The van der Waals surface area contributed by atoms with Crippen LogP contribution in [0.25, 0.3) is 11.0 Å². The number of nitrogens with zero attached hydrogens (tertiary/aromatic N) is 2. The van der Waals surface area contributed by atoms with Gasteiger partial charge in [0.1, 0.15) is 5.60 Å². The van der Waals surface area contributed by atoms with Crippen LogP contribution in [0.15, 0.2) is 18.2 Å². The number of aromatic amines is 1. The molecular weight excluding hydrogens is 276 g/mol. The monoisotopic (exact) mass is 292 g/mol. The van der Waals surface area contributed by atoms with Crippen molar-refractivity contribution in [1.82, 2.24) is 9.97 Å². The van der Waals surface area contributed by atoms with Crippen LogP contribution in [0.2, 0.25) is 0 Å². The number of anilines is 1. The van der Waals surface area contributed by atoms with E-state index in [1.54, 1.807) is 6.07 Å². The van der Waals surface area contributed by atoms with Crippen molar-refractivity contribution in [1.29, 1.82) is 0 Å². The fourth-order valence-corrected chi connectivity index (χ4v) is 2.43. The first-order valence-corrected chi connectivity index (χ1v) is 6.70. The average molecular weight is 292 g/mol. The molecule has 1 saturated heterocycles. The lowest BCUT2D eigenvalue weighted by Crippen LogP contribution is -2.43. The molecule has 0 saturated carbocycles. The predicted molar refractivity (Wildman–Crippen MR) is 76.2 cm³/mol. The van der Waals surface area contributed by atoms with Gasteiger partial charge in [0.15, 0.2) is 0 Å². The third kappa shape index (κ3) is 2.55. The molecule has 1 aliphatic heterocycles. The van der Waals surface area contributed by atoms with Crippen LogP contribution < -0.4 is 5.32 Å². The minimum Gasteiger partial charge on any atom is -0.385 e. The minimum absolute atomic E-state index is 0.00847. The van der Waals surface area contributed by atoms with Gasteiger partial charge in [0.2, 0.25) is 5.95 Å². The molecule has 21 heavy (non-hydrogen) atoms. The number of H-pyrrole nitrogens is 1. The van der Waals surface area contributed by atoms with Gasteiger partial charge in [0.05, 0.1) is 22.1 Å². The average Bonchev–Trinajstić information content (AvgIpc) is 3.00. The highest BCUT2D eigenvalue weighted by Gasteiger charge is 2.39. The van der Waals surface area contributed by atoms with Crippen molar-refractivity contribution in [3.8, 4) is 0 Å². The highest BCUT2D eigenvalue weighted by atomic mass is 16.6. The molecule has 1 fully saturated rings. The maximum Gasteiger partial charge on any atom is 0.271 e. The number of hydrogen-bond acceptors (Lipinski definition) is 6. The highest BCUT2D eigenvalue weighted by molar-refractivity contribution is 5.79. The van der Waals surface area contributed by atoms with Crippen LogP contribution in [0.5, 0.6) is 0 Å². The summed E-state index contributed by atoms with van der Waals surface area (Å²) in [4.78, 5) is 17.5. The minimum atomic E-state index is -0.926. The molecule has 3 rings (SSSR count). The van der Waals surface area contributed by atoms with E-state index in [9.17, 15) is 15.2 Å². The molecule has 8 nitrogen and oxygen atoms in total. The molecule has 2 aromatic rings. The lowest BCUT2D eigenvalue weighted by Gasteiger charge is -2.25. The van der Waals surface area contributed by atoms with Crippen LogP contribution in [0.1, 0.15) is 13.3 Å². The number of nitro groups is 1. The van der Waals surface area contributed by atoms with Gasteiger partial charge in [-0.2, -0.15) is 0 Å². The Morgan fingerprint density at radius 2 is 2.48 bits per heavy atom. The number of non-ortho nitro benzene ring substituents is 1. The molecule has 0 aliphatic carbocycles. The highest BCUT2D eigenvalue weighted by Crippen LogP contribution is 2.26. The van der Waals surface area contributed by atoms with E-state index in [0.717, 1.165) is 0 Å². The Bertz CT molecular complexity index is 686. The topological polar surface area (TPSA) is 113 Å². The summed E-state index contributed by atoms with van der Waals surface area (Å²) in [6.45, 7) is 2.67. The van der Waals surface area contributed by atoms with Crippen molar-refractivity contribution in [2.45, 2.75) is 25.0 Å². The Morgan fingerprint density at radius 3 is 3.14 bits per heavy atom. The maximum atomic E-state index is 10.7. The molecular formula is C13H16N4O4. The number of imidazole rings is 1. The first-order valence-electron chi connectivity index (χ1n) is 6.70. The molecule has 2 unspecified atom stereocenters. The van der Waals surface area contributed by atoms with Gasteiger partial charge >= 0.3 is 0 Å². The molecule has 8 heteroatoms. The SMILES string of the molecule is CC1OCCC1(O)CNc1nc2ccc([N+](=O)[O-])cc2[nH]1. The molecule has 1 aliphatic rings. The zero-order valence-electron chi connectivity index (χ0n) is 11.5. The Morgan fingerprint density at radius 1 is 1.67 bits per heavy atom. The van der Waals surface area contributed by atoms with E-state index in [2.05, 4.69) is 15.3 Å². The molecule has 1 aromatic carbocycles. The van der Waals surface area contributed by atoms with Gasteiger partial charge < -0.3 is 20.1 Å². The fourth-order valence-electron chi connectivity index (χ4n) is 2.43. The van der Waals surface area contributed by atoms with Gasteiger partial charge in [-0.25, -0.2) is 4.98 Å². The summed E-state index contributed by atoms with van der Waals surface area (Å²) in [5, 5.41) is 24.2. The molecule has 2 atom stereocenters. The number of rotatable bonds is 4. The second-order valence-electron chi connectivity index (χ2n) is 5.26. The molecule has 112 valence electrons. The molecule has 3 N–H and O–H groups in total. The van der Waals surface area contributed by atoms with Gasteiger partial charge in [-0.1, -0.05) is 0 Å². The zero-order chi connectivity index (χ0) is 15.0. The van der Waals surface area contributed by atoms with E-state index >= 15 is 0 Å². The Hall–Kier alpha value is -2.19. The standard InChI is InChI=1S/C13H16N4O4/c1-8-13(18,4-5-21-8)7-14-12-15-10-3-2-9(17(19)20)6-11(10)16-12/h2-3,6,8,18H,4-5,7H2,1H3,(H2,14,15,16). The number of fused-ring (bicyclic) bond motifs is 1. The predicted octanol–water partition coefficient (Wildman–Crippen LogP) is 1.42.